The summed E-state index contributed by atoms with van der Waals surface area (Å²) in [5.41, 5.74) is 0.495. The fraction of sp³-hybridized carbons (Fsp3) is 0.600. The number of rotatable bonds is 7. The number of carbonyl (C=O) groups excluding carboxylic acids is 1. The van der Waals surface area contributed by atoms with E-state index in [-0.39, 0.29) is 13.0 Å². The number of hydrogen-bond donors (Lipinski definition) is 3. The fourth-order valence-corrected chi connectivity index (χ4v) is 2.94. The van der Waals surface area contributed by atoms with Crippen LogP contribution in [-0.4, -0.2) is 45.8 Å². The number of carbonyl (C=O) groups is 4. The zero-order valence-electron chi connectivity index (χ0n) is 12.9. The van der Waals surface area contributed by atoms with Gasteiger partial charge < -0.3 is 20.1 Å². The molecule has 1 aliphatic rings. The Hall–Kier alpha value is -2.38. The van der Waals surface area contributed by atoms with Gasteiger partial charge in [-0.2, -0.15) is 0 Å². The number of carboxylic acid groups (broad SMARTS) is 3. The average Bonchev–Trinajstić information content (AvgIpc) is 2.44. The van der Waals surface area contributed by atoms with E-state index in [1.807, 2.05) is 0 Å². The van der Waals surface area contributed by atoms with Gasteiger partial charge in [-0.1, -0.05) is 11.6 Å². The average molecular weight is 328 g/mol. The number of aliphatic carboxylic acids is 3. The maximum absolute atomic E-state index is 12.0. The highest BCUT2D eigenvalue weighted by Crippen LogP contribution is 2.39. The maximum atomic E-state index is 12.0. The van der Waals surface area contributed by atoms with Gasteiger partial charge in [0.1, 0.15) is 0 Å². The monoisotopic (exact) mass is 328 g/mol. The first-order valence-electron chi connectivity index (χ1n) is 7.21. The first-order chi connectivity index (χ1) is 10.7. The highest BCUT2D eigenvalue weighted by Gasteiger charge is 2.43. The lowest BCUT2D eigenvalue weighted by atomic mass is 9.70. The quantitative estimate of drug-likeness (QED) is 0.465. The predicted molar refractivity (Wildman–Crippen MR) is 76.5 cm³/mol. The van der Waals surface area contributed by atoms with Gasteiger partial charge in [0.05, 0.1) is 30.8 Å². The molecule has 4 unspecified atom stereocenters. The van der Waals surface area contributed by atoms with Crippen LogP contribution in [0.5, 0.6) is 0 Å². The van der Waals surface area contributed by atoms with Gasteiger partial charge in [-0.25, -0.2) is 0 Å². The van der Waals surface area contributed by atoms with Crippen molar-refractivity contribution in [2.75, 3.05) is 6.61 Å². The first-order valence-corrected chi connectivity index (χ1v) is 7.21. The third kappa shape index (κ3) is 4.54. The van der Waals surface area contributed by atoms with Gasteiger partial charge in [0.25, 0.3) is 0 Å². The summed E-state index contributed by atoms with van der Waals surface area (Å²) < 4.78 is 4.88. The minimum absolute atomic E-state index is 0.0740. The van der Waals surface area contributed by atoms with E-state index < -0.39 is 54.0 Å². The molecule has 0 bridgehead atoms. The molecule has 8 nitrogen and oxygen atoms in total. The Morgan fingerprint density at radius 1 is 1.22 bits per heavy atom. The van der Waals surface area contributed by atoms with E-state index >= 15 is 0 Å². The number of carboxylic acids is 3. The van der Waals surface area contributed by atoms with Crippen molar-refractivity contribution in [2.24, 2.45) is 23.7 Å². The number of allylic oxidation sites excluding steroid dienone is 1. The molecule has 1 rings (SSSR count). The van der Waals surface area contributed by atoms with Crippen molar-refractivity contribution in [2.45, 2.75) is 26.7 Å². The standard InChI is InChI=1S/C15H20O8/c1-3-23-15(22)11(6-12(16)17)8-5-10(14(20)21)9(13(18)19)4-7(8)2/h4,8-11H,3,5-6H2,1-2H3,(H,16,17)(H,18,19)(H,20,21). The molecule has 0 fully saturated rings. The normalized spacial score (nSPS) is 25.1. The second-order valence-electron chi connectivity index (χ2n) is 5.52. The molecular weight excluding hydrogens is 308 g/mol. The second-order valence-corrected chi connectivity index (χ2v) is 5.52. The van der Waals surface area contributed by atoms with Crippen molar-refractivity contribution in [3.8, 4) is 0 Å². The van der Waals surface area contributed by atoms with Crippen molar-refractivity contribution in [1.82, 2.24) is 0 Å². The zero-order valence-corrected chi connectivity index (χ0v) is 12.9. The Labute approximate surface area is 132 Å². The van der Waals surface area contributed by atoms with Gasteiger partial charge >= 0.3 is 23.9 Å². The lowest BCUT2D eigenvalue weighted by molar-refractivity contribution is -0.157. The SMILES string of the molecule is CCOC(=O)C(CC(=O)O)C1CC(C(=O)O)C(C(=O)O)C=C1C. The minimum atomic E-state index is -1.29. The van der Waals surface area contributed by atoms with Gasteiger partial charge in [-0.05, 0) is 26.2 Å². The number of hydrogen-bond acceptors (Lipinski definition) is 5. The van der Waals surface area contributed by atoms with E-state index in [1.165, 1.54) is 6.08 Å². The minimum Gasteiger partial charge on any atom is -0.481 e. The van der Waals surface area contributed by atoms with Crippen molar-refractivity contribution < 1.29 is 39.2 Å². The zero-order chi connectivity index (χ0) is 17.7. The highest BCUT2D eigenvalue weighted by molar-refractivity contribution is 5.83. The summed E-state index contributed by atoms with van der Waals surface area (Å²) in [7, 11) is 0. The Balaban J connectivity index is 3.18. The number of ether oxygens (including phenoxy) is 1. The van der Waals surface area contributed by atoms with Crippen molar-refractivity contribution >= 4 is 23.9 Å². The van der Waals surface area contributed by atoms with Gasteiger partial charge in [-0.15, -0.1) is 0 Å². The summed E-state index contributed by atoms with van der Waals surface area (Å²) in [6.07, 6.45) is 0.674. The van der Waals surface area contributed by atoms with Crippen molar-refractivity contribution in [3.63, 3.8) is 0 Å². The topological polar surface area (TPSA) is 138 Å². The van der Waals surface area contributed by atoms with Crippen LogP contribution in [0.3, 0.4) is 0 Å². The summed E-state index contributed by atoms with van der Waals surface area (Å²) in [6, 6.07) is 0. The lowest BCUT2D eigenvalue weighted by Crippen LogP contribution is -2.39. The largest absolute Gasteiger partial charge is 0.481 e. The van der Waals surface area contributed by atoms with E-state index in [0.717, 1.165) is 0 Å². The van der Waals surface area contributed by atoms with Crippen molar-refractivity contribution in [3.05, 3.63) is 11.6 Å². The van der Waals surface area contributed by atoms with E-state index in [0.29, 0.717) is 5.57 Å². The van der Waals surface area contributed by atoms with E-state index in [9.17, 15) is 24.3 Å². The van der Waals surface area contributed by atoms with E-state index in [1.54, 1.807) is 13.8 Å². The van der Waals surface area contributed by atoms with Crippen LogP contribution in [-0.2, 0) is 23.9 Å². The van der Waals surface area contributed by atoms with Gasteiger partial charge in [-0.3, -0.25) is 19.2 Å². The van der Waals surface area contributed by atoms with Crippen LogP contribution in [0, 0.1) is 23.7 Å². The molecule has 1 aliphatic carbocycles. The fourth-order valence-electron chi connectivity index (χ4n) is 2.94. The van der Waals surface area contributed by atoms with Crippen LogP contribution < -0.4 is 0 Å². The molecule has 0 heterocycles. The molecule has 8 heteroatoms. The molecule has 0 spiro atoms. The summed E-state index contributed by atoms with van der Waals surface area (Å²) in [5.74, 6) is -8.61. The molecule has 0 aromatic carbocycles. The summed E-state index contributed by atoms with van der Waals surface area (Å²) >= 11 is 0. The van der Waals surface area contributed by atoms with Crippen LogP contribution in [0.2, 0.25) is 0 Å². The maximum Gasteiger partial charge on any atom is 0.311 e. The van der Waals surface area contributed by atoms with Crippen LogP contribution in [0.4, 0.5) is 0 Å². The van der Waals surface area contributed by atoms with Gasteiger partial charge in [0, 0.05) is 0 Å². The molecule has 0 saturated heterocycles. The van der Waals surface area contributed by atoms with Crippen LogP contribution in [0.15, 0.2) is 11.6 Å². The molecule has 128 valence electrons. The predicted octanol–water partition coefficient (Wildman–Crippen LogP) is 1.01. The van der Waals surface area contributed by atoms with Crippen LogP contribution >= 0.6 is 0 Å². The Bertz CT molecular complexity index is 536. The first kappa shape index (κ1) is 18.7. The summed E-state index contributed by atoms with van der Waals surface area (Å²) in [5, 5.41) is 27.4. The highest BCUT2D eigenvalue weighted by atomic mass is 16.5. The molecular formula is C15H20O8. The van der Waals surface area contributed by atoms with E-state index in [2.05, 4.69) is 0 Å². The molecule has 4 atom stereocenters. The Morgan fingerprint density at radius 3 is 2.26 bits per heavy atom. The molecule has 0 amide bonds. The molecule has 0 aromatic heterocycles. The Morgan fingerprint density at radius 2 is 1.83 bits per heavy atom. The molecule has 3 N–H and O–H groups in total. The second kappa shape index (κ2) is 7.75. The molecule has 23 heavy (non-hydrogen) atoms. The molecule has 0 radical (unpaired) electrons. The van der Waals surface area contributed by atoms with Gasteiger partial charge in [0.15, 0.2) is 0 Å². The van der Waals surface area contributed by atoms with E-state index in [4.69, 9.17) is 14.9 Å². The molecule has 0 saturated carbocycles. The summed E-state index contributed by atoms with van der Waals surface area (Å²) in [6.45, 7) is 3.23. The third-order valence-electron chi connectivity index (χ3n) is 4.04. The van der Waals surface area contributed by atoms with Gasteiger partial charge in [0.2, 0.25) is 0 Å². The lowest BCUT2D eigenvalue weighted by Gasteiger charge is -2.33. The number of esters is 1. The molecule has 0 aliphatic heterocycles. The Kier molecular flexibility index (Phi) is 6.29. The molecule has 0 aromatic rings. The smallest absolute Gasteiger partial charge is 0.311 e. The van der Waals surface area contributed by atoms with Crippen molar-refractivity contribution in [1.29, 1.82) is 0 Å². The van der Waals surface area contributed by atoms with Crippen LogP contribution in [0.1, 0.15) is 26.7 Å². The third-order valence-corrected chi connectivity index (χ3v) is 4.04. The van der Waals surface area contributed by atoms with Crippen LogP contribution in [0.25, 0.3) is 0 Å². The summed E-state index contributed by atoms with van der Waals surface area (Å²) in [4.78, 5) is 45.6.